The first-order chi connectivity index (χ1) is 17.4. The minimum Gasteiger partial charge on any atom is -0.503 e. The molecule has 1 amide bonds. The maximum atomic E-state index is 13.3. The number of ketones is 1. The first-order valence-electron chi connectivity index (χ1n) is 11.4. The lowest BCUT2D eigenvalue weighted by molar-refractivity contribution is -0.129. The molecule has 0 spiro atoms. The number of aliphatic hydroxyl groups excluding tert-OH is 1. The molecule has 0 fully saturated rings. The van der Waals surface area contributed by atoms with E-state index in [9.17, 15) is 14.7 Å². The Bertz CT molecular complexity index is 1320. The summed E-state index contributed by atoms with van der Waals surface area (Å²) in [6.07, 6.45) is 3.57. The molecular weight excluding hydrogens is 522 g/mol. The van der Waals surface area contributed by atoms with E-state index in [0.29, 0.717) is 17.9 Å². The molecule has 36 heavy (non-hydrogen) atoms. The summed E-state index contributed by atoms with van der Waals surface area (Å²) in [5, 5.41) is 10.8. The van der Waals surface area contributed by atoms with Crippen molar-refractivity contribution in [1.82, 2.24) is 4.90 Å². The summed E-state index contributed by atoms with van der Waals surface area (Å²) in [5.41, 5.74) is 2.58. The van der Waals surface area contributed by atoms with Gasteiger partial charge in [0.25, 0.3) is 5.91 Å². The van der Waals surface area contributed by atoms with E-state index >= 15 is 0 Å². The standard InChI is InChI=1S/C29H26BrNO5/c1-35-24-15-9-20(18-25(24)36-2)16-17-31-27(21-10-12-22(30)13-11-21)26(28(33)29(31)34)23(32)14-8-19-6-4-3-5-7-19/h3-15,18,27,33H,16-17H2,1-2H3/b14-8+. The number of halogens is 1. The molecule has 0 saturated carbocycles. The highest BCUT2D eigenvalue weighted by molar-refractivity contribution is 9.10. The molecule has 1 aliphatic rings. The molecule has 3 aromatic rings. The number of ether oxygens (including phenoxy) is 2. The van der Waals surface area contributed by atoms with Crippen LogP contribution in [0.1, 0.15) is 22.7 Å². The third-order valence-corrected chi connectivity index (χ3v) is 6.60. The fourth-order valence-electron chi connectivity index (χ4n) is 4.24. The van der Waals surface area contributed by atoms with Gasteiger partial charge in [-0.1, -0.05) is 70.5 Å². The summed E-state index contributed by atoms with van der Waals surface area (Å²) in [7, 11) is 3.14. The van der Waals surface area contributed by atoms with Crippen LogP contribution in [0, 0.1) is 0 Å². The number of carbonyl (C=O) groups is 2. The van der Waals surface area contributed by atoms with Gasteiger partial charge in [0.1, 0.15) is 0 Å². The Morgan fingerprint density at radius 1 is 1.00 bits per heavy atom. The quantitative estimate of drug-likeness (QED) is 0.348. The number of hydrogen-bond acceptors (Lipinski definition) is 5. The zero-order chi connectivity index (χ0) is 25.7. The Balaban J connectivity index is 1.64. The maximum absolute atomic E-state index is 13.3. The van der Waals surface area contributed by atoms with E-state index in [4.69, 9.17) is 9.47 Å². The zero-order valence-electron chi connectivity index (χ0n) is 20.0. The Morgan fingerprint density at radius 3 is 2.36 bits per heavy atom. The van der Waals surface area contributed by atoms with Gasteiger partial charge in [0.15, 0.2) is 23.0 Å². The van der Waals surface area contributed by atoms with E-state index in [1.807, 2.05) is 72.8 Å². The number of hydrogen-bond donors (Lipinski definition) is 1. The van der Waals surface area contributed by atoms with Crippen LogP contribution in [0.5, 0.6) is 11.5 Å². The van der Waals surface area contributed by atoms with E-state index in [2.05, 4.69) is 15.9 Å². The SMILES string of the molecule is COc1ccc(CCN2C(=O)C(O)=C(C(=O)/C=C/c3ccccc3)C2c2ccc(Br)cc2)cc1OC. The second kappa shape index (κ2) is 11.3. The van der Waals surface area contributed by atoms with Crippen LogP contribution in [-0.4, -0.2) is 42.5 Å². The largest absolute Gasteiger partial charge is 0.503 e. The van der Waals surface area contributed by atoms with Crippen molar-refractivity contribution in [2.24, 2.45) is 0 Å². The summed E-state index contributed by atoms with van der Waals surface area (Å²) in [6, 6.07) is 21.6. The van der Waals surface area contributed by atoms with Gasteiger partial charge in [-0.3, -0.25) is 9.59 Å². The van der Waals surface area contributed by atoms with E-state index in [1.54, 1.807) is 25.2 Å². The summed E-state index contributed by atoms with van der Waals surface area (Å²) < 4.78 is 11.6. The van der Waals surface area contributed by atoms with E-state index in [1.165, 1.54) is 6.08 Å². The van der Waals surface area contributed by atoms with Crippen molar-refractivity contribution in [3.63, 3.8) is 0 Å². The number of aliphatic hydroxyl groups is 1. The molecule has 1 N–H and O–H groups in total. The highest BCUT2D eigenvalue weighted by Crippen LogP contribution is 2.38. The highest BCUT2D eigenvalue weighted by atomic mass is 79.9. The summed E-state index contributed by atoms with van der Waals surface area (Å²) >= 11 is 3.43. The molecule has 6 nitrogen and oxygen atoms in total. The molecule has 0 radical (unpaired) electrons. The summed E-state index contributed by atoms with van der Waals surface area (Å²) in [5.74, 6) is -0.289. The molecular formula is C29H26BrNO5. The van der Waals surface area contributed by atoms with Gasteiger partial charge in [-0.15, -0.1) is 0 Å². The smallest absolute Gasteiger partial charge is 0.290 e. The minimum atomic E-state index is -0.710. The number of methoxy groups -OCH3 is 2. The van der Waals surface area contributed by atoms with Gasteiger partial charge < -0.3 is 19.5 Å². The van der Waals surface area contributed by atoms with Crippen molar-refractivity contribution in [2.75, 3.05) is 20.8 Å². The monoisotopic (exact) mass is 547 g/mol. The van der Waals surface area contributed by atoms with Crippen molar-refractivity contribution in [1.29, 1.82) is 0 Å². The van der Waals surface area contributed by atoms with Crippen molar-refractivity contribution >= 4 is 33.7 Å². The van der Waals surface area contributed by atoms with Crippen LogP contribution < -0.4 is 9.47 Å². The molecule has 1 unspecified atom stereocenters. The normalized spacial score (nSPS) is 15.6. The average Bonchev–Trinajstić information content (AvgIpc) is 3.16. The molecule has 1 aliphatic heterocycles. The summed E-state index contributed by atoms with van der Waals surface area (Å²) in [4.78, 5) is 28.0. The van der Waals surface area contributed by atoms with E-state index in [-0.39, 0.29) is 12.1 Å². The lowest BCUT2D eigenvalue weighted by Gasteiger charge is -2.27. The number of allylic oxidation sites excluding steroid dienone is 1. The van der Waals surface area contributed by atoms with Crippen LogP contribution in [-0.2, 0) is 16.0 Å². The molecule has 0 saturated heterocycles. The number of benzene rings is 3. The molecule has 0 bridgehead atoms. The summed E-state index contributed by atoms with van der Waals surface area (Å²) in [6.45, 7) is 0.290. The van der Waals surface area contributed by atoms with Gasteiger partial charge in [-0.25, -0.2) is 0 Å². The Labute approximate surface area is 218 Å². The Morgan fingerprint density at radius 2 is 1.69 bits per heavy atom. The minimum absolute atomic E-state index is 0.0711. The number of amides is 1. The molecule has 1 atom stereocenters. The lowest BCUT2D eigenvalue weighted by atomic mass is 9.95. The third-order valence-electron chi connectivity index (χ3n) is 6.07. The molecule has 1 heterocycles. The molecule has 7 heteroatoms. The molecule has 0 aromatic heterocycles. The van der Waals surface area contributed by atoms with Crippen LogP contribution in [0.3, 0.4) is 0 Å². The predicted molar refractivity (Wildman–Crippen MR) is 142 cm³/mol. The van der Waals surface area contributed by atoms with Gasteiger partial charge in [-0.2, -0.15) is 0 Å². The topological polar surface area (TPSA) is 76.1 Å². The van der Waals surface area contributed by atoms with E-state index in [0.717, 1.165) is 21.2 Å². The molecule has 4 rings (SSSR count). The Kier molecular flexibility index (Phi) is 7.90. The van der Waals surface area contributed by atoms with E-state index < -0.39 is 23.5 Å². The first-order valence-corrected chi connectivity index (χ1v) is 12.2. The fourth-order valence-corrected chi connectivity index (χ4v) is 4.50. The van der Waals surface area contributed by atoms with Gasteiger partial charge in [0, 0.05) is 11.0 Å². The van der Waals surface area contributed by atoms with Crippen molar-refractivity contribution in [3.05, 3.63) is 111 Å². The maximum Gasteiger partial charge on any atom is 0.290 e. The van der Waals surface area contributed by atoms with Gasteiger partial charge in [-0.05, 0) is 53.5 Å². The fraction of sp³-hybridized carbons (Fsp3) is 0.172. The first kappa shape index (κ1) is 25.3. The molecule has 184 valence electrons. The predicted octanol–water partition coefficient (Wildman–Crippen LogP) is 5.69. The van der Waals surface area contributed by atoms with Gasteiger partial charge >= 0.3 is 0 Å². The van der Waals surface area contributed by atoms with Crippen LogP contribution in [0.25, 0.3) is 6.08 Å². The van der Waals surface area contributed by atoms with Crippen molar-refractivity contribution < 1.29 is 24.2 Å². The second-order valence-corrected chi connectivity index (χ2v) is 9.18. The number of nitrogens with zero attached hydrogens (tertiary/aromatic N) is 1. The van der Waals surface area contributed by atoms with Crippen molar-refractivity contribution in [3.8, 4) is 11.5 Å². The molecule has 3 aromatic carbocycles. The average molecular weight is 548 g/mol. The van der Waals surface area contributed by atoms with Crippen LogP contribution >= 0.6 is 15.9 Å². The lowest BCUT2D eigenvalue weighted by Crippen LogP contribution is -2.33. The zero-order valence-corrected chi connectivity index (χ0v) is 21.6. The Hall–Kier alpha value is -3.84. The van der Waals surface area contributed by atoms with Crippen LogP contribution in [0.2, 0.25) is 0 Å². The molecule has 0 aliphatic carbocycles. The highest BCUT2D eigenvalue weighted by Gasteiger charge is 2.42. The number of carbonyl (C=O) groups excluding carboxylic acids is 2. The second-order valence-electron chi connectivity index (χ2n) is 8.26. The number of rotatable bonds is 9. The third kappa shape index (κ3) is 5.36. The van der Waals surface area contributed by atoms with Crippen LogP contribution in [0.4, 0.5) is 0 Å². The van der Waals surface area contributed by atoms with Gasteiger partial charge in [0.05, 0.1) is 25.8 Å². The van der Waals surface area contributed by atoms with Crippen LogP contribution in [0.15, 0.2) is 94.7 Å². The van der Waals surface area contributed by atoms with Gasteiger partial charge in [0.2, 0.25) is 0 Å². The van der Waals surface area contributed by atoms with Crippen molar-refractivity contribution in [2.45, 2.75) is 12.5 Å².